The van der Waals surface area contributed by atoms with E-state index in [2.05, 4.69) is 15.0 Å². The van der Waals surface area contributed by atoms with Gasteiger partial charge in [0.2, 0.25) is 0 Å². The van der Waals surface area contributed by atoms with Gasteiger partial charge in [-0.1, -0.05) is 0 Å². The van der Waals surface area contributed by atoms with Crippen LogP contribution in [0.3, 0.4) is 0 Å². The van der Waals surface area contributed by atoms with Crippen molar-refractivity contribution in [2.24, 2.45) is 0 Å². The number of fused-ring (bicyclic) bond motifs is 1. The van der Waals surface area contributed by atoms with Crippen molar-refractivity contribution in [1.82, 2.24) is 19.5 Å². The molecule has 3 rings (SSSR count). The lowest BCUT2D eigenvalue weighted by Gasteiger charge is -2.15. The molecule has 0 amide bonds. The molecule has 0 radical (unpaired) electrons. The fourth-order valence-electron chi connectivity index (χ4n) is 1.88. The molecule has 8 nitrogen and oxygen atoms in total. The largest absolute Gasteiger partial charge is 0.382 e. The first-order chi connectivity index (χ1) is 9.70. The van der Waals surface area contributed by atoms with Gasteiger partial charge >= 0.3 is 0 Å². The van der Waals surface area contributed by atoms with Crippen molar-refractivity contribution in [3.8, 4) is 0 Å². The third-order valence-electron chi connectivity index (χ3n) is 2.73. The number of hydrogen-bond acceptors (Lipinski definition) is 7. The van der Waals surface area contributed by atoms with E-state index in [0.29, 0.717) is 11.2 Å². The number of imidazole rings is 1. The summed E-state index contributed by atoms with van der Waals surface area (Å²) in [7, 11) is -0.202. The van der Waals surface area contributed by atoms with Crippen molar-refractivity contribution in [3.63, 3.8) is 0 Å². The van der Waals surface area contributed by atoms with Gasteiger partial charge in [0, 0.05) is 6.08 Å². The summed E-state index contributed by atoms with van der Waals surface area (Å²) >= 11 is 0. The Morgan fingerprint density at radius 2 is 2.35 bits per heavy atom. The maximum Gasteiger partial charge on any atom is 0.192 e. The van der Waals surface area contributed by atoms with Gasteiger partial charge in [0.25, 0.3) is 0 Å². The highest BCUT2D eigenvalue weighted by atomic mass is 31.1. The Hall–Kier alpha value is -1.96. The van der Waals surface area contributed by atoms with Crippen LogP contribution in [0.25, 0.3) is 11.2 Å². The quantitative estimate of drug-likeness (QED) is 0.850. The number of nitrogen functional groups attached to an aromatic ring is 1. The van der Waals surface area contributed by atoms with Gasteiger partial charge < -0.3 is 15.2 Å². The van der Waals surface area contributed by atoms with Crippen LogP contribution in [0, 0.1) is 0 Å². The molecule has 2 aromatic heterocycles. The molecule has 0 unspecified atom stereocenters. The number of rotatable bonds is 4. The van der Waals surface area contributed by atoms with E-state index in [0.717, 1.165) is 6.08 Å². The van der Waals surface area contributed by atoms with Crippen LogP contribution in [0.5, 0.6) is 0 Å². The van der Waals surface area contributed by atoms with Crippen molar-refractivity contribution in [3.05, 3.63) is 24.6 Å². The van der Waals surface area contributed by atoms with Crippen LogP contribution in [0.2, 0.25) is 0 Å². The molecular weight excluding hydrogens is 288 g/mol. The Bertz CT molecular complexity index is 691. The first-order valence-corrected chi connectivity index (χ1v) is 6.57. The Balaban J connectivity index is 1.91. The second-order valence-corrected chi connectivity index (χ2v) is 4.43. The van der Waals surface area contributed by atoms with E-state index < -0.39 is 18.3 Å². The molecule has 1 aliphatic heterocycles. The minimum absolute atomic E-state index is 0.0824. The summed E-state index contributed by atoms with van der Waals surface area (Å²) in [5.74, 6) is -0.344. The fourth-order valence-corrected chi connectivity index (χ4v) is 2.08. The number of halogens is 1. The number of anilines is 1. The number of aromatic nitrogens is 4. The van der Waals surface area contributed by atoms with E-state index in [-0.39, 0.29) is 20.6 Å². The molecule has 1 aliphatic rings. The number of nitrogens with zero attached hydrogens (tertiary/aromatic N) is 4. The molecule has 0 aromatic carbocycles. The van der Waals surface area contributed by atoms with Crippen LogP contribution >= 0.6 is 8.46 Å². The zero-order chi connectivity index (χ0) is 14.1. The summed E-state index contributed by atoms with van der Waals surface area (Å²) in [5.41, 5.74) is 6.38. The molecule has 0 aliphatic carbocycles. The van der Waals surface area contributed by atoms with Crippen molar-refractivity contribution < 1.29 is 18.4 Å². The highest BCUT2D eigenvalue weighted by molar-refractivity contribution is 7.23. The van der Waals surface area contributed by atoms with E-state index in [4.69, 9.17) is 15.2 Å². The Morgan fingerprint density at radius 3 is 3.15 bits per heavy atom. The van der Waals surface area contributed by atoms with Gasteiger partial charge in [-0.3, -0.25) is 9.13 Å². The van der Waals surface area contributed by atoms with Crippen molar-refractivity contribution in [1.29, 1.82) is 0 Å². The first-order valence-electron chi connectivity index (χ1n) is 5.57. The molecule has 0 saturated carbocycles. The average molecular weight is 297 g/mol. The Morgan fingerprint density at radius 1 is 1.50 bits per heavy atom. The Labute approximate surface area is 113 Å². The molecule has 2 aromatic rings. The molecule has 0 spiro atoms. The monoisotopic (exact) mass is 297 g/mol. The average Bonchev–Trinajstić information content (AvgIpc) is 3.01. The van der Waals surface area contributed by atoms with Crippen LogP contribution in [0.4, 0.5) is 10.2 Å². The zero-order valence-electron chi connectivity index (χ0n) is 10.0. The number of ether oxygens (including phenoxy) is 2. The number of hydrogen-bond donors (Lipinski definition) is 1. The lowest BCUT2D eigenvalue weighted by Crippen LogP contribution is -2.15. The lowest BCUT2D eigenvalue weighted by molar-refractivity contribution is -0.127. The molecule has 10 heteroatoms. The maximum absolute atomic E-state index is 13.9. The molecule has 104 valence electrons. The first kappa shape index (κ1) is 13.0. The molecule has 20 heavy (non-hydrogen) atoms. The Kier molecular flexibility index (Phi) is 3.39. The summed E-state index contributed by atoms with van der Waals surface area (Å²) in [6, 6.07) is 0. The molecule has 0 saturated heterocycles. The normalized spacial score (nSPS) is 22.6. The molecule has 0 bridgehead atoms. The molecule has 3 heterocycles. The third-order valence-corrected chi connectivity index (χ3v) is 2.98. The lowest BCUT2D eigenvalue weighted by atomic mass is 10.4. The number of nitrogens with two attached hydrogens (primary N) is 1. The van der Waals surface area contributed by atoms with Crippen LogP contribution < -0.4 is 5.73 Å². The molecule has 2 N–H and O–H groups in total. The van der Waals surface area contributed by atoms with Crippen molar-refractivity contribution >= 4 is 25.4 Å². The zero-order valence-corrected chi connectivity index (χ0v) is 10.9. The smallest absolute Gasteiger partial charge is 0.192 e. The highest BCUT2D eigenvalue weighted by Gasteiger charge is 2.31. The predicted octanol–water partition coefficient (Wildman–Crippen LogP) is 1.38. The second kappa shape index (κ2) is 5.20. The van der Waals surface area contributed by atoms with Gasteiger partial charge in [0.05, 0.1) is 6.33 Å². The van der Waals surface area contributed by atoms with E-state index in [1.807, 2.05) is 0 Å². The van der Waals surface area contributed by atoms with Gasteiger partial charge in [0.15, 0.2) is 38.3 Å². The van der Waals surface area contributed by atoms with Gasteiger partial charge in [-0.2, -0.15) is 0 Å². The van der Waals surface area contributed by atoms with Crippen molar-refractivity contribution in [2.75, 3.05) is 12.1 Å². The standard InChI is InChI=1S/C10H9FN5O3P/c11-5-1-6(18-4-20-17)19-10(5)16-3-15-7-8(12)13-2-14-9(7)16/h1-3,6,10H,4H2,(H2,12,13,14)/t6-,10+/m0/s1. The van der Waals surface area contributed by atoms with Crippen LogP contribution in [0.1, 0.15) is 6.23 Å². The summed E-state index contributed by atoms with van der Waals surface area (Å²) in [4.78, 5) is 11.8. The summed E-state index contributed by atoms with van der Waals surface area (Å²) in [6.07, 6.45) is 1.76. The van der Waals surface area contributed by atoms with Crippen LogP contribution in [0.15, 0.2) is 24.6 Å². The van der Waals surface area contributed by atoms with Crippen LogP contribution in [-0.4, -0.2) is 32.2 Å². The van der Waals surface area contributed by atoms with Gasteiger partial charge in [-0.15, -0.1) is 0 Å². The summed E-state index contributed by atoms with van der Waals surface area (Å²) in [5, 5.41) is 0. The second-order valence-electron chi connectivity index (χ2n) is 3.92. The molecule has 2 atom stereocenters. The van der Waals surface area contributed by atoms with E-state index in [9.17, 15) is 8.96 Å². The molecular formula is C10H9FN5O3P. The summed E-state index contributed by atoms with van der Waals surface area (Å²) < 4.78 is 36.0. The maximum atomic E-state index is 13.9. The van der Waals surface area contributed by atoms with Gasteiger partial charge in [-0.25, -0.2) is 19.3 Å². The van der Waals surface area contributed by atoms with Gasteiger partial charge in [-0.05, 0) is 0 Å². The van der Waals surface area contributed by atoms with E-state index >= 15 is 0 Å². The summed E-state index contributed by atoms with van der Waals surface area (Å²) in [6.45, 7) is 0. The highest BCUT2D eigenvalue weighted by Crippen LogP contribution is 2.32. The van der Waals surface area contributed by atoms with E-state index in [1.165, 1.54) is 17.2 Å². The third kappa shape index (κ3) is 2.15. The minimum Gasteiger partial charge on any atom is -0.382 e. The van der Waals surface area contributed by atoms with E-state index in [1.54, 1.807) is 0 Å². The molecule has 0 fully saturated rings. The topological polar surface area (TPSA) is 105 Å². The van der Waals surface area contributed by atoms with Crippen LogP contribution in [-0.2, 0) is 14.0 Å². The fraction of sp³-hybridized carbons (Fsp3) is 0.300. The van der Waals surface area contributed by atoms with Crippen molar-refractivity contribution in [2.45, 2.75) is 12.5 Å². The minimum atomic E-state index is -1.04. The van der Waals surface area contributed by atoms with Gasteiger partial charge in [0.1, 0.15) is 18.2 Å². The predicted molar refractivity (Wildman–Crippen MR) is 66.4 cm³/mol. The SMILES string of the molecule is Nc1ncnc2c1ncn2[C@@H]1O[C@H](OCP=O)C=C1F.